The fourth-order valence-electron chi connectivity index (χ4n) is 3.29. The van der Waals surface area contributed by atoms with Gasteiger partial charge in [-0.15, -0.1) is 0 Å². The van der Waals surface area contributed by atoms with E-state index >= 15 is 0 Å². The van der Waals surface area contributed by atoms with Gasteiger partial charge in [-0.1, -0.05) is 24.3 Å². The molecule has 0 spiro atoms. The SMILES string of the molecule is CC(O)CNC(=O)c1ccc(-c2ccccc2C(=O)Nc2ccc(C(=N)N)cc2)c(C(=O)O)c1.CS(=O)(=O)O. The number of carbonyl (C=O) groups is 3. The highest BCUT2D eigenvalue weighted by Crippen LogP contribution is 2.29. The Labute approximate surface area is 224 Å². The van der Waals surface area contributed by atoms with E-state index in [1.807, 2.05) is 0 Å². The highest BCUT2D eigenvalue weighted by Gasteiger charge is 2.20. The van der Waals surface area contributed by atoms with Gasteiger partial charge in [0.25, 0.3) is 21.9 Å². The molecule has 3 rings (SSSR count). The number of hydrogen-bond acceptors (Lipinski definition) is 7. The van der Waals surface area contributed by atoms with Crippen LogP contribution in [-0.2, 0) is 10.1 Å². The fourth-order valence-corrected chi connectivity index (χ4v) is 3.29. The predicted octanol–water partition coefficient (Wildman–Crippen LogP) is 2.20. The van der Waals surface area contributed by atoms with Crippen LogP contribution in [0.2, 0.25) is 0 Å². The quantitative estimate of drug-likeness (QED) is 0.123. The number of benzene rings is 3. The maximum Gasteiger partial charge on any atom is 0.336 e. The second kappa shape index (κ2) is 13.3. The van der Waals surface area contributed by atoms with E-state index in [-0.39, 0.29) is 34.6 Å². The summed E-state index contributed by atoms with van der Waals surface area (Å²) in [6.07, 6.45) is -0.0290. The summed E-state index contributed by atoms with van der Waals surface area (Å²) < 4.78 is 25.9. The second-order valence-corrected chi connectivity index (χ2v) is 9.81. The average Bonchev–Trinajstić information content (AvgIpc) is 2.86. The van der Waals surface area contributed by atoms with E-state index in [0.717, 1.165) is 0 Å². The number of aromatic carboxylic acids is 1. The zero-order chi connectivity index (χ0) is 29.3. The number of carboxylic acids is 1. The molecule has 0 heterocycles. The first kappa shape index (κ1) is 30.6. The molecule has 13 heteroatoms. The lowest BCUT2D eigenvalue weighted by Gasteiger charge is -2.14. The molecule has 0 aliphatic heterocycles. The minimum Gasteiger partial charge on any atom is -0.478 e. The van der Waals surface area contributed by atoms with Gasteiger partial charge in [0.05, 0.1) is 17.9 Å². The third-order valence-electron chi connectivity index (χ3n) is 4.99. The van der Waals surface area contributed by atoms with Crippen LogP contribution in [0.25, 0.3) is 11.1 Å². The number of carbonyl (C=O) groups excluding carboxylic acids is 2. The predicted molar refractivity (Wildman–Crippen MR) is 146 cm³/mol. The Balaban J connectivity index is 0.000000976. The Morgan fingerprint density at radius 3 is 2.00 bits per heavy atom. The molecule has 1 unspecified atom stereocenters. The van der Waals surface area contributed by atoms with Crippen LogP contribution in [0.3, 0.4) is 0 Å². The Morgan fingerprint density at radius 2 is 1.46 bits per heavy atom. The van der Waals surface area contributed by atoms with Gasteiger partial charge < -0.3 is 26.6 Å². The summed E-state index contributed by atoms with van der Waals surface area (Å²) in [5, 5.41) is 31.9. The molecule has 0 bridgehead atoms. The number of nitrogens with two attached hydrogens (primary N) is 1. The molecule has 3 aromatic carbocycles. The summed E-state index contributed by atoms with van der Waals surface area (Å²) in [5.74, 6) is -2.32. The average molecular weight is 557 g/mol. The van der Waals surface area contributed by atoms with E-state index in [0.29, 0.717) is 23.1 Å². The minimum atomic E-state index is -3.67. The van der Waals surface area contributed by atoms with Crippen molar-refractivity contribution in [2.75, 3.05) is 18.1 Å². The number of aliphatic hydroxyl groups is 1. The summed E-state index contributed by atoms with van der Waals surface area (Å²) >= 11 is 0. The number of amidine groups is 1. The Morgan fingerprint density at radius 1 is 0.923 bits per heavy atom. The van der Waals surface area contributed by atoms with Crippen LogP contribution >= 0.6 is 0 Å². The Kier molecular flexibility index (Phi) is 10.4. The first-order valence-electron chi connectivity index (χ1n) is 11.3. The van der Waals surface area contributed by atoms with Crippen LogP contribution in [0, 0.1) is 5.41 Å². The number of anilines is 1. The number of nitrogens with one attached hydrogen (secondary N) is 3. The number of amides is 2. The van der Waals surface area contributed by atoms with Gasteiger partial charge in [0.15, 0.2) is 0 Å². The van der Waals surface area contributed by atoms with Crippen LogP contribution in [-0.4, -0.2) is 65.7 Å². The molecule has 12 nitrogen and oxygen atoms in total. The van der Waals surface area contributed by atoms with Crippen molar-refractivity contribution in [3.8, 4) is 11.1 Å². The molecule has 0 radical (unpaired) electrons. The first-order valence-corrected chi connectivity index (χ1v) is 13.1. The van der Waals surface area contributed by atoms with Crippen molar-refractivity contribution in [2.24, 2.45) is 5.73 Å². The molecule has 206 valence electrons. The molecular weight excluding hydrogens is 528 g/mol. The van der Waals surface area contributed by atoms with Gasteiger partial charge in [-0.25, -0.2) is 4.79 Å². The van der Waals surface area contributed by atoms with Gasteiger partial charge in [-0.2, -0.15) is 8.42 Å². The van der Waals surface area contributed by atoms with Crippen molar-refractivity contribution in [1.29, 1.82) is 5.41 Å². The van der Waals surface area contributed by atoms with Crippen LogP contribution in [0.15, 0.2) is 66.7 Å². The van der Waals surface area contributed by atoms with Crippen LogP contribution in [0.5, 0.6) is 0 Å². The highest BCUT2D eigenvalue weighted by molar-refractivity contribution is 7.85. The van der Waals surface area contributed by atoms with Gasteiger partial charge in [0.2, 0.25) is 0 Å². The zero-order valence-corrected chi connectivity index (χ0v) is 21.8. The lowest BCUT2D eigenvalue weighted by atomic mass is 9.93. The molecule has 0 aliphatic rings. The van der Waals surface area contributed by atoms with Gasteiger partial charge in [0.1, 0.15) is 5.84 Å². The van der Waals surface area contributed by atoms with Crippen LogP contribution in [0.1, 0.15) is 43.6 Å². The molecule has 0 aromatic heterocycles. The van der Waals surface area contributed by atoms with E-state index < -0.39 is 34.0 Å². The molecule has 1 atom stereocenters. The normalized spacial score (nSPS) is 11.4. The third kappa shape index (κ3) is 9.66. The largest absolute Gasteiger partial charge is 0.478 e. The molecular formula is C26H28N4O8S. The summed E-state index contributed by atoms with van der Waals surface area (Å²) in [6, 6.07) is 17.2. The van der Waals surface area contributed by atoms with Crippen molar-refractivity contribution in [3.63, 3.8) is 0 Å². The lowest BCUT2D eigenvalue weighted by Crippen LogP contribution is -2.30. The number of aliphatic hydroxyl groups excluding tert-OH is 1. The topological polar surface area (TPSA) is 220 Å². The van der Waals surface area contributed by atoms with Crippen molar-refractivity contribution in [3.05, 3.63) is 89.0 Å². The number of carboxylic acid groups (broad SMARTS) is 1. The summed E-state index contributed by atoms with van der Waals surface area (Å²) in [4.78, 5) is 37.3. The summed E-state index contributed by atoms with van der Waals surface area (Å²) in [5.41, 5.74) is 7.32. The molecule has 0 saturated carbocycles. The van der Waals surface area contributed by atoms with E-state index in [1.165, 1.54) is 25.1 Å². The zero-order valence-electron chi connectivity index (χ0n) is 21.0. The molecule has 39 heavy (non-hydrogen) atoms. The Hall–Kier alpha value is -4.59. The molecule has 2 amide bonds. The van der Waals surface area contributed by atoms with Crippen molar-refractivity contribution in [2.45, 2.75) is 13.0 Å². The molecule has 0 fully saturated rings. The van der Waals surface area contributed by atoms with Crippen molar-refractivity contribution >= 4 is 39.4 Å². The molecule has 0 saturated heterocycles. The summed E-state index contributed by atoms with van der Waals surface area (Å²) in [6.45, 7) is 1.55. The van der Waals surface area contributed by atoms with Crippen LogP contribution in [0.4, 0.5) is 5.69 Å². The highest BCUT2D eigenvalue weighted by atomic mass is 32.2. The van der Waals surface area contributed by atoms with Crippen molar-refractivity contribution < 1.29 is 37.6 Å². The molecule has 0 aliphatic carbocycles. The van der Waals surface area contributed by atoms with E-state index in [2.05, 4.69) is 10.6 Å². The van der Waals surface area contributed by atoms with Gasteiger partial charge in [0, 0.05) is 28.9 Å². The molecule has 3 aromatic rings. The number of hydrogen-bond donors (Lipinski definition) is 7. The Bertz CT molecular complexity index is 1480. The second-order valence-electron chi connectivity index (χ2n) is 8.35. The summed E-state index contributed by atoms with van der Waals surface area (Å²) in [7, 11) is -3.67. The van der Waals surface area contributed by atoms with Crippen LogP contribution < -0.4 is 16.4 Å². The van der Waals surface area contributed by atoms with Gasteiger partial charge in [-0.05, 0) is 60.5 Å². The lowest BCUT2D eigenvalue weighted by molar-refractivity contribution is 0.0697. The number of rotatable bonds is 8. The maximum absolute atomic E-state index is 13.0. The fraction of sp³-hybridized carbons (Fsp3) is 0.154. The minimum absolute atomic E-state index is 0.0272. The van der Waals surface area contributed by atoms with Gasteiger partial charge in [-0.3, -0.25) is 19.6 Å². The maximum atomic E-state index is 13.0. The standard InChI is InChI=1S/C25H24N4O5.CH4O3S/c1-14(30)13-28-23(31)16-8-11-19(21(12-16)25(33)34)18-4-2-3-5-20(18)24(32)29-17-9-6-15(7-10-17)22(26)27;1-5(2,3)4/h2-12,14,30H,13H2,1H3,(H3,26,27)(H,28,31)(H,29,32)(H,33,34);1H3,(H,2,3,4). The van der Waals surface area contributed by atoms with E-state index in [9.17, 15) is 33.0 Å². The monoisotopic (exact) mass is 556 g/mol. The smallest absolute Gasteiger partial charge is 0.336 e. The van der Waals surface area contributed by atoms with E-state index in [1.54, 1.807) is 48.5 Å². The van der Waals surface area contributed by atoms with E-state index in [4.69, 9.17) is 15.7 Å². The van der Waals surface area contributed by atoms with Gasteiger partial charge >= 0.3 is 5.97 Å². The third-order valence-corrected chi connectivity index (χ3v) is 4.99. The number of nitrogen functional groups attached to an aromatic ring is 1. The molecule has 8 N–H and O–H groups in total. The van der Waals surface area contributed by atoms with Crippen molar-refractivity contribution in [1.82, 2.24) is 5.32 Å². The first-order chi connectivity index (χ1) is 18.2.